The number of halogens is 1. The van der Waals surface area contributed by atoms with E-state index in [9.17, 15) is 14.4 Å². The molecule has 2 aromatic heterocycles. The summed E-state index contributed by atoms with van der Waals surface area (Å²) in [4.78, 5) is 51.9. The van der Waals surface area contributed by atoms with Crippen molar-refractivity contribution in [3.63, 3.8) is 0 Å². The van der Waals surface area contributed by atoms with Crippen molar-refractivity contribution in [3.05, 3.63) is 50.9 Å². The number of hydrogen-bond acceptors (Lipinski definition) is 5. The van der Waals surface area contributed by atoms with Crippen LogP contribution < -0.4 is 5.56 Å². The standard InChI is InChI=1S/C21H20ClN5O3/c1-2-26-7-3-4-11(26)10-27-20(29)12-8-15-16(9-13(12)21(27)30)25-18(24-15)17-14(22)5-6-23-19(17)28/h5-6,8-9,11H,2-4,7,10H2,1H3,(H,23,28)(H,24,25)/t11-/m0/s1. The van der Waals surface area contributed by atoms with Crippen LogP contribution in [-0.2, 0) is 0 Å². The van der Waals surface area contributed by atoms with Crippen LogP contribution in [0.4, 0.5) is 0 Å². The monoisotopic (exact) mass is 425 g/mol. The largest absolute Gasteiger partial charge is 0.338 e. The van der Waals surface area contributed by atoms with Crippen molar-refractivity contribution in [2.45, 2.75) is 25.8 Å². The van der Waals surface area contributed by atoms with Crippen LogP contribution in [0.25, 0.3) is 22.4 Å². The summed E-state index contributed by atoms with van der Waals surface area (Å²) in [6.45, 7) is 4.41. The van der Waals surface area contributed by atoms with Gasteiger partial charge in [-0.1, -0.05) is 18.5 Å². The summed E-state index contributed by atoms with van der Waals surface area (Å²) < 4.78 is 0. The molecule has 5 rings (SSSR count). The highest BCUT2D eigenvalue weighted by Gasteiger charge is 2.39. The molecule has 0 spiro atoms. The first-order valence-corrected chi connectivity index (χ1v) is 10.4. The van der Waals surface area contributed by atoms with Gasteiger partial charge in [-0.3, -0.25) is 24.2 Å². The van der Waals surface area contributed by atoms with Gasteiger partial charge >= 0.3 is 0 Å². The Labute approximate surface area is 176 Å². The molecule has 1 aromatic carbocycles. The Morgan fingerprint density at radius 2 is 1.97 bits per heavy atom. The van der Waals surface area contributed by atoms with Gasteiger partial charge < -0.3 is 9.97 Å². The number of benzene rings is 1. The Bertz CT molecular complexity index is 1190. The second-order valence-electron chi connectivity index (χ2n) is 7.68. The maximum Gasteiger partial charge on any atom is 0.261 e. The summed E-state index contributed by atoms with van der Waals surface area (Å²) in [5.41, 5.74) is 1.63. The van der Waals surface area contributed by atoms with Crippen LogP contribution in [0.3, 0.4) is 0 Å². The average Bonchev–Trinajstić information content (AvgIpc) is 3.40. The molecule has 2 aliphatic heterocycles. The van der Waals surface area contributed by atoms with Gasteiger partial charge in [-0.2, -0.15) is 0 Å². The molecule has 30 heavy (non-hydrogen) atoms. The number of hydrogen-bond donors (Lipinski definition) is 2. The van der Waals surface area contributed by atoms with E-state index < -0.39 is 0 Å². The zero-order valence-corrected chi connectivity index (χ0v) is 17.1. The molecule has 0 aliphatic carbocycles. The third-order valence-electron chi connectivity index (χ3n) is 6.02. The van der Waals surface area contributed by atoms with Crippen LogP contribution in [0.5, 0.6) is 0 Å². The topological polar surface area (TPSA) is 102 Å². The van der Waals surface area contributed by atoms with E-state index in [2.05, 4.69) is 26.8 Å². The molecule has 0 saturated carbocycles. The molecule has 1 fully saturated rings. The van der Waals surface area contributed by atoms with E-state index in [0.717, 1.165) is 25.9 Å². The normalized spacial score (nSPS) is 19.3. The number of carbonyl (C=O) groups excluding carboxylic acids is 2. The molecule has 4 heterocycles. The minimum Gasteiger partial charge on any atom is -0.338 e. The van der Waals surface area contributed by atoms with Gasteiger partial charge in [-0.05, 0) is 44.1 Å². The van der Waals surface area contributed by atoms with Gasteiger partial charge in [0.1, 0.15) is 11.4 Å². The van der Waals surface area contributed by atoms with Crippen molar-refractivity contribution in [2.75, 3.05) is 19.6 Å². The molecular weight excluding hydrogens is 406 g/mol. The predicted molar refractivity (Wildman–Crippen MR) is 113 cm³/mol. The highest BCUT2D eigenvalue weighted by atomic mass is 35.5. The van der Waals surface area contributed by atoms with Gasteiger partial charge in [-0.25, -0.2) is 4.98 Å². The molecular formula is C21H20ClN5O3. The second kappa shape index (κ2) is 7.07. The third kappa shape index (κ3) is 2.86. The van der Waals surface area contributed by atoms with Crippen LogP contribution in [0.1, 0.15) is 40.5 Å². The van der Waals surface area contributed by atoms with Gasteiger partial charge in [0.05, 0.1) is 27.2 Å². The minimum atomic E-state index is -0.371. The van der Waals surface area contributed by atoms with Crippen LogP contribution in [0.2, 0.25) is 5.02 Å². The van der Waals surface area contributed by atoms with E-state index in [1.165, 1.54) is 11.1 Å². The van der Waals surface area contributed by atoms with E-state index in [4.69, 9.17) is 11.6 Å². The van der Waals surface area contributed by atoms with E-state index in [1.807, 2.05) is 0 Å². The number of nitrogens with zero attached hydrogens (tertiary/aromatic N) is 3. The van der Waals surface area contributed by atoms with Crippen LogP contribution in [-0.4, -0.2) is 62.2 Å². The second-order valence-corrected chi connectivity index (χ2v) is 8.08. The number of aromatic amines is 2. The van der Waals surface area contributed by atoms with Gasteiger partial charge in [0.25, 0.3) is 17.4 Å². The SMILES string of the molecule is CCN1CCC[C@H]1CN1C(=O)c2cc3nc(-c4c(Cl)cc[nH]c4=O)[nH]c3cc2C1=O. The molecule has 9 heteroatoms. The van der Waals surface area contributed by atoms with Crippen LogP contribution in [0, 0.1) is 0 Å². The van der Waals surface area contributed by atoms with Crippen molar-refractivity contribution in [1.29, 1.82) is 0 Å². The van der Waals surface area contributed by atoms with E-state index in [-0.39, 0.29) is 34.0 Å². The fourth-order valence-electron chi connectivity index (χ4n) is 4.48. The van der Waals surface area contributed by atoms with E-state index in [0.29, 0.717) is 34.5 Å². The van der Waals surface area contributed by atoms with Gasteiger partial charge in [0, 0.05) is 18.8 Å². The van der Waals surface area contributed by atoms with Crippen molar-refractivity contribution >= 4 is 34.4 Å². The molecule has 1 atom stereocenters. The molecule has 2 aliphatic rings. The number of fused-ring (bicyclic) bond motifs is 2. The van der Waals surface area contributed by atoms with Gasteiger partial charge in [0.2, 0.25) is 0 Å². The van der Waals surface area contributed by atoms with E-state index in [1.54, 1.807) is 18.2 Å². The Hall–Kier alpha value is -2.97. The summed E-state index contributed by atoms with van der Waals surface area (Å²) >= 11 is 6.16. The Morgan fingerprint density at radius 3 is 2.70 bits per heavy atom. The number of imidazole rings is 1. The first-order chi connectivity index (χ1) is 14.5. The predicted octanol–water partition coefficient (Wildman–Crippen LogP) is 2.65. The Kier molecular flexibility index (Phi) is 4.48. The van der Waals surface area contributed by atoms with Crippen LogP contribution in [0.15, 0.2) is 29.2 Å². The van der Waals surface area contributed by atoms with Crippen molar-refractivity contribution < 1.29 is 9.59 Å². The minimum absolute atomic E-state index is 0.207. The highest BCUT2D eigenvalue weighted by molar-refractivity contribution is 6.33. The number of amides is 2. The number of likely N-dealkylation sites (N-methyl/N-ethyl adjacent to an activating group) is 1. The molecule has 3 aromatic rings. The lowest BCUT2D eigenvalue weighted by Gasteiger charge is -2.26. The maximum absolute atomic E-state index is 13.0. The Morgan fingerprint density at radius 1 is 1.20 bits per heavy atom. The molecule has 2 N–H and O–H groups in total. The van der Waals surface area contributed by atoms with Gasteiger partial charge in [-0.15, -0.1) is 0 Å². The van der Waals surface area contributed by atoms with Crippen molar-refractivity contribution in [2.24, 2.45) is 0 Å². The number of rotatable bonds is 4. The highest BCUT2D eigenvalue weighted by Crippen LogP contribution is 2.31. The average molecular weight is 426 g/mol. The van der Waals surface area contributed by atoms with Crippen molar-refractivity contribution in [1.82, 2.24) is 24.8 Å². The van der Waals surface area contributed by atoms with Crippen molar-refractivity contribution in [3.8, 4) is 11.4 Å². The molecule has 2 amide bonds. The zero-order valence-electron chi connectivity index (χ0n) is 16.4. The molecule has 154 valence electrons. The first-order valence-electron chi connectivity index (χ1n) is 9.99. The number of pyridine rings is 1. The number of imide groups is 1. The van der Waals surface area contributed by atoms with Gasteiger partial charge in [0.15, 0.2) is 0 Å². The summed E-state index contributed by atoms with van der Waals surface area (Å²) in [6, 6.07) is 5.03. The molecule has 8 nitrogen and oxygen atoms in total. The molecule has 0 bridgehead atoms. The fourth-order valence-corrected chi connectivity index (χ4v) is 4.72. The number of H-pyrrole nitrogens is 2. The smallest absolute Gasteiger partial charge is 0.261 e. The summed E-state index contributed by atoms with van der Waals surface area (Å²) in [5.74, 6) is -0.284. The molecule has 1 saturated heterocycles. The summed E-state index contributed by atoms with van der Waals surface area (Å²) in [5, 5.41) is 0.265. The number of aromatic nitrogens is 3. The lowest BCUT2D eigenvalue weighted by atomic mass is 10.1. The van der Waals surface area contributed by atoms with Crippen LogP contribution >= 0.6 is 11.6 Å². The number of nitrogens with one attached hydrogen (secondary N) is 2. The summed E-state index contributed by atoms with van der Waals surface area (Å²) in [6.07, 6.45) is 3.53. The lowest BCUT2D eigenvalue weighted by molar-refractivity contribution is 0.0611. The fraction of sp³-hybridized carbons (Fsp3) is 0.333. The number of carbonyl (C=O) groups is 2. The lowest BCUT2D eigenvalue weighted by Crippen LogP contribution is -2.42. The molecule has 0 radical (unpaired) electrons. The third-order valence-corrected chi connectivity index (χ3v) is 6.33. The summed E-state index contributed by atoms with van der Waals surface area (Å²) in [7, 11) is 0. The maximum atomic E-state index is 13.0. The number of likely N-dealkylation sites (tertiary alicyclic amines) is 1. The zero-order chi connectivity index (χ0) is 21.0. The quantitative estimate of drug-likeness (QED) is 0.625. The Balaban J connectivity index is 1.51. The molecule has 0 unspecified atom stereocenters. The van der Waals surface area contributed by atoms with E-state index >= 15 is 0 Å². The first kappa shape index (κ1) is 19.0.